The zero-order valence-corrected chi connectivity index (χ0v) is 17.5. The number of morpholine rings is 1. The minimum absolute atomic E-state index is 0.0683. The molecule has 2 aliphatic heterocycles. The van der Waals surface area contributed by atoms with Crippen LogP contribution >= 0.6 is 0 Å². The maximum atomic E-state index is 13.5. The van der Waals surface area contributed by atoms with Crippen LogP contribution in [0.2, 0.25) is 0 Å². The topological polar surface area (TPSA) is 122 Å². The predicted molar refractivity (Wildman–Crippen MR) is 107 cm³/mol. The third-order valence-corrected chi connectivity index (χ3v) is 5.51. The van der Waals surface area contributed by atoms with Gasteiger partial charge >= 0.3 is 11.9 Å². The van der Waals surface area contributed by atoms with Gasteiger partial charge in [0.05, 0.1) is 6.61 Å². The molecule has 9 heteroatoms. The van der Waals surface area contributed by atoms with Crippen molar-refractivity contribution < 1.29 is 33.8 Å². The molecular weight excluding hydrogens is 392 g/mol. The number of anilines is 2. The fourth-order valence-corrected chi connectivity index (χ4v) is 4.08. The van der Waals surface area contributed by atoms with E-state index in [0.717, 1.165) is 12.5 Å². The minimum atomic E-state index is -2.21. The summed E-state index contributed by atoms with van der Waals surface area (Å²) >= 11 is 0. The number of ether oxygens (including phenoxy) is 2. The van der Waals surface area contributed by atoms with Gasteiger partial charge in [0.15, 0.2) is 6.10 Å². The number of carbonyl (C=O) groups excluding carboxylic acids is 3. The summed E-state index contributed by atoms with van der Waals surface area (Å²) in [5.74, 6) is -2.98. The molecule has 0 bridgehead atoms. The summed E-state index contributed by atoms with van der Waals surface area (Å²) in [5, 5.41) is 12.9. The average Bonchev–Trinajstić information content (AvgIpc) is 2.64. The zero-order valence-electron chi connectivity index (χ0n) is 17.5. The van der Waals surface area contributed by atoms with Crippen molar-refractivity contribution in [2.75, 3.05) is 23.4 Å². The van der Waals surface area contributed by atoms with Crippen LogP contribution in [0.4, 0.5) is 11.4 Å². The van der Waals surface area contributed by atoms with E-state index in [1.54, 1.807) is 39.0 Å². The lowest BCUT2D eigenvalue weighted by Gasteiger charge is -2.47. The van der Waals surface area contributed by atoms with Crippen molar-refractivity contribution in [1.29, 1.82) is 0 Å². The highest BCUT2D eigenvalue weighted by molar-refractivity contribution is 6.04. The van der Waals surface area contributed by atoms with Gasteiger partial charge in [0.1, 0.15) is 0 Å². The SMILES string of the molecule is CC(=O)O[C@@](C(=O)O)(C1OCCN(c2cccc3c2CCC(=O)N3)C1=O)C(C)(C)C. The first-order chi connectivity index (χ1) is 14.0. The second kappa shape index (κ2) is 7.71. The van der Waals surface area contributed by atoms with Crippen molar-refractivity contribution in [1.82, 2.24) is 0 Å². The number of esters is 1. The van der Waals surface area contributed by atoms with Gasteiger partial charge in [-0.1, -0.05) is 26.8 Å². The Hall–Kier alpha value is -2.94. The molecule has 2 amide bonds. The van der Waals surface area contributed by atoms with E-state index in [2.05, 4.69) is 5.32 Å². The number of carboxylic acids is 1. The van der Waals surface area contributed by atoms with Crippen molar-refractivity contribution in [2.45, 2.75) is 52.2 Å². The van der Waals surface area contributed by atoms with Gasteiger partial charge < -0.3 is 24.8 Å². The van der Waals surface area contributed by atoms with Crippen molar-refractivity contribution >= 4 is 35.1 Å². The van der Waals surface area contributed by atoms with Crippen LogP contribution in [0.1, 0.15) is 39.7 Å². The summed E-state index contributed by atoms with van der Waals surface area (Å²) < 4.78 is 11.0. The Morgan fingerprint density at radius 1 is 1.23 bits per heavy atom. The lowest BCUT2D eigenvalue weighted by molar-refractivity contribution is -0.218. The van der Waals surface area contributed by atoms with Gasteiger partial charge in [0.25, 0.3) is 5.91 Å². The Labute approximate surface area is 174 Å². The van der Waals surface area contributed by atoms with Crippen molar-refractivity contribution in [3.63, 3.8) is 0 Å². The third kappa shape index (κ3) is 3.54. The largest absolute Gasteiger partial charge is 0.478 e. The van der Waals surface area contributed by atoms with Crippen molar-refractivity contribution in [2.24, 2.45) is 5.41 Å². The normalized spacial score (nSPS) is 21.3. The fourth-order valence-electron chi connectivity index (χ4n) is 4.08. The first kappa shape index (κ1) is 21.8. The standard InChI is InChI=1S/C21H26N2O7/c1-12(24)30-21(19(27)28,20(2,3)4)17-18(26)23(10-11-29-17)15-7-5-6-14-13(15)8-9-16(25)22-14/h5-7,17H,8-11H2,1-4H3,(H,22,25)(H,27,28)/t17?,21-/m1/s1. The van der Waals surface area contributed by atoms with Crippen molar-refractivity contribution in [3.05, 3.63) is 23.8 Å². The highest BCUT2D eigenvalue weighted by Crippen LogP contribution is 2.42. The molecule has 1 fully saturated rings. The molecular formula is C21H26N2O7. The second-order valence-electron chi connectivity index (χ2n) is 8.48. The van der Waals surface area contributed by atoms with Crippen LogP contribution in [0.3, 0.4) is 0 Å². The Bertz CT molecular complexity index is 905. The van der Waals surface area contributed by atoms with Crippen LogP contribution in [0.15, 0.2) is 18.2 Å². The minimum Gasteiger partial charge on any atom is -0.478 e. The number of benzene rings is 1. The molecule has 1 saturated heterocycles. The van der Waals surface area contributed by atoms with Crippen LogP contribution in [-0.2, 0) is 35.1 Å². The van der Waals surface area contributed by atoms with E-state index >= 15 is 0 Å². The van der Waals surface area contributed by atoms with E-state index in [1.807, 2.05) is 0 Å². The van der Waals surface area contributed by atoms with E-state index in [1.165, 1.54) is 4.90 Å². The molecule has 1 aromatic rings. The molecule has 3 rings (SSSR count). The summed E-state index contributed by atoms with van der Waals surface area (Å²) in [7, 11) is 0. The Morgan fingerprint density at radius 3 is 2.53 bits per heavy atom. The van der Waals surface area contributed by atoms with Gasteiger partial charge in [-0.15, -0.1) is 0 Å². The van der Waals surface area contributed by atoms with Gasteiger partial charge in [-0.25, -0.2) is 4.79 Å². The summed E-state index contributed by atoms with van der Waals surface area (Å²) in [4.78, 5) is 50.9. The Morgan fingerprint density at radius 2 is 1.93 bits per heavy atom. The van der Waals surface area contributed by atoms with Gasteiger partial charge in [-0.2, -0.15) is 0 Å². The summed E-state index contributed by atoms with van der Waals surface area (Å²) in [6.07, 6.45) is -0.776. The van der Waals surface area contributed by atoms with E-state index in [0.29, 0.717) is 24.2 Å². The summed E-state index contributed by atoms with van der Waals surface area (Å²) in [6, 6.07) is 5.23. The number of rotatable bonds is 4. The first-order valence-corrected chi connectivity index (χ1v) is 9.76. The highest BCUT2D eigenvalue weighted by Gasteiger charge is 2.63. The molecule has 9 nitrogen and oxygen atoms in total. The number of fused-ring (bicyclic) bond motifs is 1. The van der Waals surface area contributed by atoms with Crippen molar-refractivity contribution in [3.8, 4) is 0 Å². The van der Waals surface area contributed by atoms with E-state index < -0.39 is 35.0 Å². The summed E-state index contributed by atoms with van der Waals surface area (Å²) in [6.45, 7) is 6.13. The highest BCUT2D eigenvalue weighted by atomic mass is 16.6. The molecule has 0 spiro atoms. The molecule has 2 N–H and O–H groups in total. The Kier molecular flexibility index (Phi) is 5.60. The van der Waals surface area contributed by atoms with Crippen LogP contribution in [0.5, 0.6) is 0 Å². The number of amides is 2. The van der Waals surface area contributed by atoms with E-state index in [9.17, 15) is 24.3 Å². The molecule has 0 aromatic heterocycles. The maximum Gasteiger partial charge on any atom is 0.352 e. The lowest BCUT2D eigenvalue weighted by Crippen LogP contribution is -2.68. The monoisotopic (exact) mass is 418 g/mol. The molecule has 0 radical (unpaired) electrons. The number of nitrogens with one attached hydrogen (secondary N) is 1. The van der Waals surface area contributed by atoms with Gasteiger partial charge in [-0.3, -0.25) is 14.4 Å². The number of carbonyl (C=O) groups is 4. The smallest absolute Gasteiger partial charge is 0.352 e. The predicted octanol–water partition coefficient (Wildman–Crippen LogP) is 1.74. The molecule has 30 heavy (non-hydrogen) atoms. The third-order valence-electron chi connectivity index (χ3n) is 5.51. The fraction of sp³-hybridized carbons (Fsp3) is 0.524. The average molecular weight is 418 g/mol. The number of nitrogens with zero attached hydrogens (tertiary/aromatic N) is 1. The van der Waals surface area contributed by atoms with Gasteiger partial charge in [0, 0.05) is 36.7 Å². The molecule has 162 valence electrons. The molecule has 1 unspecified atom stereocenters. The van der Waals surface area contributed by atoms with Crippen LogP contribution < -0.4 is 10.2 Å². The molecule has 0 aliphatic carbocycles. The molecule has 2 heterocycles. The second-order valence-corrected chi connectivity index (χ2v) is 8.48. The van der Waals surface area contributed by atoms with Crippen LogP contribution in [-0.4, -0.2) is 53.7 Å². The zero-order chi connectivity index (χ0) is 22.3. The number of hydrogen-bond donors (Lipinski definition) is 2. The molecule has 2 atom stereocenters. The maximum absolute atomic E-state index is 13.5. The van der Waals surface area contributed by atoms with E-state index in [-0.39, 0.29) is 19.1 Å². The molecule has 0 saturated carbocycles. The van der Waals surface area contributed by atoms with Gasteiger partial charge in [-0.05, 0) is 24.1 Å². The molecule has 1 aromatic carbocycles. The number of carboxylic acid groups (broad SMARTS) is 1. The quantitative estimate of drug-likeness (QED) is 0.714. The van der Waals surface area contributed by atoms with Crippen LogP contribution in [0.25, 0.3) is 0 Å². The lowest BCUT2D eigenvalue weighted by atomic mass is 9.71. The first-order valence-electron chi connectivity index (χ1n) is 9.76. The summed E-state index contributed by atoms with van der Waals surface area (Å²) in [5.41, 5.74) is -1.34. The molecule has 2 aliphatic rings. The number of aliphatic carboxylic acids is 1. The number of hydrogen-bond acceptors (Lipinski definition) is 6. The Balaban J connectivity index is 2.07. The van der Waals surface area contributed by atoms with Crippen LogP contribution in [0, 0.1) is 5.41 Å². The van der Waals surface area contributed by atoms with Gasteiger partial charge in [0.2, 0.25) is 11.5 Å². The van der Waals surface area contributed by atoms with E-state index in [4.69, 9.17) is 9.47 Å².